The summed E-state index contributed by atoms with van der Waals surface area (Å²) in [6.07, 6.45) is -1.76. The normalized spacial score (nSPS) is 13.8. The molecule has 0 radical (unpaired) electrons. The van der Waals surface area contributed by atoms with Gasteiger partial charge in [0.25, 0.3) is 10.2 Å². The Bertz CT molecular complexity index is 436. The highest BCUT2D eigenvalue weighted by molar-refractivity contribution is 7.87. The molecule has 0 aliphatic heterocycles. The van der Waals surface area contributed by atoms with E-state index in [1.165, 1.54) is 18.2 Å². The molecule has 3 N–H and O–H groups in total. The van der Waals surface area contributed by atoms with Gasteiger partial charge in [-0.3, -0.25) is 0 Å². The van der Waals surface area contributed by atoms with Gasteiger partial charge in [0.15, 0.2) is 0 Å². The summed E-state index contributed by atoms with van der Waals surface area (Å²) in [6, 6.07) is 5.21. The molecule has 0 saturated heterocycles. The highest BCUT2D eigenvalue weighted by Crippen LogP contribution is 2.19. The largest absolute Gasteiger partial charge is 0.274 e. The molecule has 0 aromatic heterocycles. The Hall–Kier alpha value is -1.05. The van der Waals surface area contributed by atoms with E-state index in [2.05, 4.69) is 5.14 Å². The van der Waals surface area contributed by atoms with E-state index in [-0.39, 0.29) is 5.56 Å². The van der Waals surface area contributed by atoms with Gasteiger partial charge < -0.3 is 0 Å². The number of hydrogen-bond acceptors (Lipinski definition) is 2. The molecule has 0 fully saturated rings. The maximum Gasteiger partial charge on any atom is 0.274 e. The second kappa shape index (κ2) is 4.65. The average Bonchev–Trinajstić information content (AvgIpc) is 2.14. The summed E-state index contributed by atoms with van der Waals surface area (Å²) in [6.45, 7) is -0.584. The Morgan fingerprint density at radius 2 is 2.00 bits per heavy atom. The second-order valence-electron chi connectivity index (χ2n) is 2.88. The molecule has 0 aliphatic carbocycles. The van der Waals surface area contributed by atoms with Crippen molar-refractivity contribution in [3.63, 3.8) is 0 Å². The van der Waals surface area contributed by atoms with E-state index in [0.29, 0.717) is 0 Å². The maximum atomic E-state index is 13.3. The number of halogens is 2. The van der Waals surface area contributed by atoms with Crippen LogP contribution >= 0.6 is 0 Å². The van der Waals surface area contributed by atoms with Crippen LogP contribution in [-0.2, 0) is 10.2 Å². The fourth-order valence-corrected chi connectivity index (χ4v) is 1.41. The molecule has 1 rings (SSSR count). The molecular formula is C8H10F2N2O2S. The van der Waals surface area contributed by atoms with E-state index in [1.54, 1.807) is 4.72 Å². The predicted molar refractivity (Wildman–Crippen MR) is 51.4 cm³/mol. The summed E-state index contributed by atoms with van der Waals surface area (Å²) in [4.78, 5) is 0. The van der Waals surface area contributed by atoms with Crippen LogP contribution < -0.4 is 9.86 Å². The van der Waals surface area contributed by atoms with Gasteiger partial charge in [-0.15, -0.1) is 0 Å². The van der Waals surface area contributed by atoms with Gasteiger partial charge in [0.05, 0.1) is 0 Å². The lowest BCUT2D eigenvalue weighted by Gasteiger charge is -2.09. The van der Waals surface area contributed by atoms with Crippen molar-refractivity contribution in [2.45, 2.75) is 6.17 Å². The van der Waals surface area contributed by atoms with Crippen LogP contribution in [0.3, 0.4) is 0 Å². The molecule has 0 spiro atoms. The summed E-state index contributed by atoms with van der Waals surface area (Å²) in [5.74, 6) is -0.721. The van der Waals surface area contributed by atoms with Crippen molar-refractivity contribution in [3.8, 4) is 0 Å². The second-order valence-corrected chi connectivity index (χ2v) is 4.26. The Morgan fingerprint density at radius 3 is 2.53 bits per heavy atom. The van der Waals surface area contributed by atoms with Crippen LogP contribution in [0, 0.1) is 5.82 Å². The summed E-state index contributed by atoms with van der Waals surface area (Å²) in [5, 5.41) is 4.60. The van der Waals surface area contributed by atoms with Gasteiger partial charge in [0, 0.05) is 12.1 Å². The topological polar surface area (TPSA) is 72.2 Å². The van der Waals surface area contributed by atoms with E-state index in [4.69, 9.17) is 0 Å². The third-order valence-electron chi connectivity index (χ3n) is 1.71. The highest BCUT2D eigenvalue weighted by Gasteiger charge is 2.15. The zero-order valence-electron chi connectivity index (χ0n) is 7.65. The molecular weight excluding hydrogens is 226 g/mol. The molecule has 0 heterocycles. The van der Waals surface area contributed by atoms with Crippen molar-refractivity contribution >= 4 is 10.2 Å². The molecule has 7 heteroatoms. The number of nitrogens with one attached hydrogen (secondary N) is 1. The maximum absolute atomic E-state index is 13.3. The molecule has 15 heavy (non-hydrogen) atoms. The Kier molecular flexibility index (Phi) is 3.72. The molecule has 0 amide bonds. The monoisotopic (exact) mass is 236 g/mol. The molecule has 1 aromatic rings. The lowest BCUT2D eigenvalue weighted by molar-refractivity contribution is 0.332. The van der Waals surface area contributed by atoms with E-state index >= 15 is 0 Å². The van der Waals surface area contributed by atoms with Crippen LogP contribution in [0.25, 0.3) is 0 Å². The lowest BCUT2D eigenvalue weighted by Crippen LogP contribution is -2.33. The third-order valence-corrected chi connectivity index (χ3v) is 2.28. The average molecular weight is 236 g/mol. The van der Waals surface area contributed by atoms with Gasteiger partial charge in [-0.2, -0.15) is 13.1 Å². The number of hydrogen-bond donors (Lipinski definition) is 2. The standard InChI is InChI=1S/C8H10F2N2O2S/c9-7-4-2-1-3-6(7)8(10)5-12-15(11,13)14/h1-4,8,12H,5H2,(H2,11,13,14)/t8-/m1/s1. The molecule has 84 valence electrons. The van der Waals surface area contributed by atoms with Crippen LogP contribution in [0.1, 0.15) is 11.7 Å². The van der Waals surface area contributed by atoms with Gasteiger partial charge >= 0.3 is 0 Å². The Balaban J connectivity index is 2.70. The third kappa shape index (κ3) is 3.90. The van der Waals surface area contributed by atoms with Gasteiger partial charge in [-0.25, -0.2) is 13.9 Å². The first kappa shape index (κ1) is 12.0. The fourth-order valence-electron chi connectivity index (χ4n) is 1.03. The molecule has 0 bridgehead atoms. The van der Waals surface area contributed by atoms with E-state index in [0.717, 1.165) is 6.07 Å². The van der Waals surface area contributed by atoms with E-state index < -0.39 is 28.7 Å². The summed E-state index contributed by atoms with van der Waals surface area (Å²) in [5.41, 5.74) is -0.200. The number of alkyl halides is 1. The van der Waals surface area contributed by atoms with E-state index in [9.17, 15) is 17.2 Å². The van der Waals surface area contributed by atoms with Crippen LogP contribution in [0.2, 0.25) is 0 Å². The zero-order chi connectivity index (χ0) is 11.5. The van der Waals surface area contributed by atoms with Crippen molar-refractivity contribution in [1.29, 1.82) is 0 Å². The van der Waals surface area contributed by atoms with Gasteiger partial charge in [-0.05, 0) is 6.07 Å². The molecule has 0 aliphatic rings. The minimum Gasteiger partial charge on any atom is -0.241 e. The van der Waals surface area contributed by atoms with Crippen molar-refractivity contribution in [1.82, 2.24) is 4.72 Å². The summed E-state index contributed by atoms with van der Waals surface area (Å²) < 4.78 is 49.0. The van der Waals surface area contributed by atoms with Crippen LogP contribution in [0.4, 0.5) is 8.78 Å². The molecule has 1 atom stereocenters. The molecule has 1 aromatic carbocycles. The first-order chi connectivity index (χ1) is 6.90. The number of rotatable bonds is 4. The van der Waals surface area contributed by atoms with Gasteiger partial charge in [0.1, 0.15) is 12.0 Å². The van der Waals surface area contributed by atoms with Gasteiger partial charge in [0.2, 0.25) is 0 Å². The van der Waals surface area contributed by atoms with Crippen LogP contribution in [-0.4, -0.2) is 15.0 Å². The lowest BCUT2D eigenvalue weighted by atomic mass is 10.1. The predicted octanol–water partition coefficient (Wildman–Crippen LogP) is 0.629. The SMILES string of the molecule is NS(=O)(=O)NC[C@@H](F)c1ccccc1F. The zero-order valence-corrected chi connectivity index (χ0v) is 8.47. The summed E-state index contributed by atoms with van der Waals surface area (Å²) in [7, 11) is -3.95. The minimum absolute atomic E-state index is 0.200. The smallest absolute Gasteiger partial charge is 0.241 e. The first-order valence-electron chi connectivity index (χ1n) is 4.06. The minimum atomic E-state index is -3.95. The van der Waals surface area contributed by atoms with Crippen molar-refractivity contribution in [3.05, 3.63) is 35.6 Å². The number of nitrogens with two attached hydrogens (primary N) is 1. The molecule has 0 unspecified atom stereocenters. The Labute approximate surface area is 86.3 Å². The van der Waals surface area contributed by atoms with Crippen LogP contribution in [0.15, 0.2) is 24.3 Å². The Morgan fingerprint density at radius 1 is 1.40 bits per heavy atom. The van der Waals surface area contributed by atoms with Crippen molar-refractivity contribution in [2.24, 2.45) is 5.14 Å². The van der Waals surface area contributed by atoms with Crippen LogP contribution in [0.5, 0.6) is 0 Å². The number of benzene rings is 1. The van der Waals surface area contributed by atoms with E-state index in [1.807, 2.05) is 0 Å². The molecule has 0 saturated carbocycles. The van der Waals surface area contributed by atoms with Crippen molar-refractivity contribution < 1.29 is 17.2 Å². The summed E-state index contributed by atoms with van der Waals surface area (Å²) >= 11 is 0. The quantitative estimate of drug-likeness (QED) is 0.804. The highest BCUT2D eigenvalue weighted by atomic mass is 32.2. The first-order valence-corrected chi connectivity index (χ1v) is 5.60. The van der Waals surface area contributed by atoms with Gasteiger partial charge in [-0.1, -0.05) is 18.2 Å². The van der Waals surface area contributed by atoms with Crippen molar-refractivity contribution in [2.75, 3.05) is 6.54 Å². The fraction of sp³-hybridized carbons (Fsp3) is 0.250. The molecule has 4 nitrogen and oxygen atoms in total.